The van der Waals surface area contributed by atoms with Gasteiger partial charge in [-0.05, 0) is 45.4 Å². The Kier molecular flexibility index (Phi) is 7.06. The molecule has 1 amide bonds. The molecule has 1 aromatic rings. The highest BCUT2D eigenvalue weighted by molar-refractivity contribution is 7.99. The van der Waals surface area contributed by atoms with E-state index >= 15 is 0 Å². The summed E-state index contributed by atoms with van der Waals surface area (Å²) in [5.74, 6) is 0.736. The number of rotatable bonds is 5. The number of carbonyl (C=O) groups excluding carboxylic acids is 2. The number of thioether (sulfide) groups is 1. The smallest absolute Gasteiger partial charge is 0.324 e. The van der Waals surface area contributed by atoms with Gasteiger partial charge in [0.25, 0.3) is 0 Å². The molecule has 1 aliphatic heterocycles. The summed E-state index contributed by atoms with van der Waals surface area (Å²) in [6, 6.07) is 5.40. The molecule has 0 aliphatic carbocycles. The minimum Gasteiger partial charge on any atom is -0.459 e. The third-order valence-corrected chi connectivity index (χ3v) is 5.04. The number of nitrogens with zero attached hydrogens (tertiary/aromatic N) is 1. The van der Waals surface area contributed by atoms with Crippen LogP contribution in [0, 0.1) is 5.82 Å². The minimum atomic E-state index is -0.551. The SMILES string of the molecule is C[C@H](NC(=O)CN1CCSC[C@@H]1C(=O)OC(C)(C)C)c1ccc(F)cc1. The molecule has 0 radical (unpaired) electrons. The highest BCUT2D eigenvalue weighted by Crippen LogP contribution is 2.20. The topological polar surface area (TPSA) is 58.6 Å². The van der Waals surface area contributed by atoms with Crippen LogP contribution in [0.1, 0.15) is 39.3 Å². The Balaban J connectivity index is 1.94. The molecule has 1 heterocycles. The fourth-order valence-corrected chi connectivity index (χ4v) is 3.82. The van der Waals surface area contributed by atoms with Gasteiger partial charge in [0.05, 0.1) is 12.6 Å². The Hall–Kier alpha value is -1.60. The van der Waals surface area contributed by atoms with Gasteiger partial charge in [0.2, 0.25) is 5.91 Å². The van der Waals surface area contributed by atoms with E-state index in [-0.39, 0.29) is 30.3 Å². The van der Waals surface area contributed by atoms with E-state index in [1.165, 1.54) is 12.1 Å². The van der Waals surface area contributed by atoms with Gasteiger partial charge in [0.15, 0.2) is 0 Å². The first-order valence-electron chi connectivity index (χ1n) is 8.75. The standard InChI is InChI=1S/C19H27FN2O3S/c1-13(14-5-7-15(20)8-6-14)21-17(23)11-22-9-10-26-12-16(22)18(24)25-19(2,3)4/h5-8,13,16H,9-12H2,1-4H3,(H,21,23)/t13-,16+/m0/s1. The van der Waals surface area contributed by atoms with Gasteiger partial charge < -0.3 is 10.1 Å². The molecule has 7 heteroatoms. The van der Waals surface area contributed by atoms with Crippen LogP contribution in [0.25, 0.3) is 0 Å². The maximum atomic E-state index is 13.0. The number of ether oxygens (including phenoxy) is 1. The van der Waals surface area contributed by atoms with Crippen LogP contribution in [-0.4, -0.2) is 53.0 Å². The van der Waals surface area contributed by atoms with Crippen molar-refractivity contribution in [2.45, 2.75) is 45.4 Å². The zero-order valence-electron chi connectivity index (χ0n) is 15.8. The summed E-state index contributed by atoms with van der Waals surface area (Å²) >= 11 is 1.69. The molecule has 1 aliphatic rings. The van der Waals surface area contributed by atoms with Crippen LogP contribution in [0.2, 0.25) is 0 Å². The average Bonchev–Trinajstić information content (AvgIpc) is 2.54. The summed E-state index contributed by atoms with van der Waals surface area (Å²) in [6.07, 6.45) is 0. The zero-order chi connectivity index (χ0) is 19.3. The zero-order valence-corrected chi connectivity index (χ0v) is 16.6. The van der Waals surface area contributed by atoms with E-state index in [9.17, 15) is 14.0 Å². The second-order valence-electron chi connectivity index (χ2n) is 7.44. The molecule has 2 rings (SSSR count). The summed E-state index contributed by atoms with van der Waals surface area (Å²) in [6.45, 7) is 8.15. The number of hydrogen-bond acceptors (Lipinski definition) is 5. The first-order chi connectivity index (χ1) is 12.2. The number of benzene rings is 1. The maximum absolute atomic E-state index is 13.0. The Morgan fingerprint density at radius 1 is 1.35 bits per heavy atom. The molecule has 1 fully saturated rings. The first kappa shape index (κ1) is 20.7. The summed E-state index contributed by atoms with van der Waals surface area (Å²) in [4.78, 5) is 26.7. The van der Waals surface area contributed by atoms with E-state index < -0.39 is 11.6 Å². The molecule has 0 saturated carbocycles. The van der Waals surface area contributed by atoms with E-state index in [0.29, 0.717) is 12.3 Å². The van der Waals surface area contributed by atoms with Crippen molar-refractivity contribution in [3.05, 3.63) is 35.6 Å². The Morgan fingerprint density at radius 3 is 2.62 bits per heavy atom. The lowest BCUT2D eigenvalue weighted by Crippen LogP contribution is -2.52. The number of carbonyl (C=O) groups is 2. The number of nitrogens with one attached hydrogen (secondary N) is 1. The molecule has 0 unspecified atom stereocenters. The molecule has 2 atom stereocenters. The van der Waals surface area contributed by atoms with Crippen molar-refractivity contribution in [3.8, 4) is 0 Å². The van der Waals surface area contributed by atoms with Crippen molar-refractivity contribution in [1.82, 2.24) is 10.2 Å². The summed E-state index contributed by atoms with van der Waals surface area (Å²) < 4.78 is 18.5. The molecule has 1 N–H and O–H groups in total. The Labute approximate surface area is 158 Å². The molecular weight excluding hydrogens is 355 g/mol. The summed E-state index contributed by atoms with van der Waals surface area (Å²) in [5.41, 5.74) is 0.280. The maximum Gasteiger partial charge on any atom is 0.324 e. The van der Waals surface area contributed by atoms with Gasteiger partial charge in [-0.1, -0.05) is 12.1 Å². The fraction of sp³-hybridized carbons (Fsp3) is 0.579. The third-order valence-electron chi connectivity index (χ3n) is 4.01. The van der Waals surface area contributed by atoms with Crippen molar-refractivity contribution in [3.63, 3.8) is 0 Å². The molecule has 0 spiro atoms. The van der Waals surface area contributed by atoms with E-state index in [4.69, 9.17) is 4.74 Å². The first-order valence-corrected chi connectivity index (χ1v) is 9.90. The largest absolute Gasteiger partial charge is 0.459 e. The highest BCUT2D eigenvalue weighted by Gasteiger charge is 2.33. The molecular formula is C19H27FN2O3S. The van der Waals surface area contributed by atoms with Crippen LogP contribution in [0.5, 0.6) is 0 Å². The van der Waals surface area contributed by atoms with Gasteiger partial charge >= 0.3 is 5.97 Å². The van der Waals surface area contributed by atoms with E-state index in [1.807, 2.05) is 32.6 Å². The molecule has 1 aromatic carbocycles. The van der Waals surface area contributed by atoms with Crippen molar-refractivity contribution < 1.29 is 18.7 Å². The van der Waals surface area contributed by atoms with Crippen molar-refractivity contribution in [1.29, 1.82) is 0 Å². The predicted octanol–water partition coefficient (Wildman–Crippen LogP) is 2.76. The second-order valence-corrected chi connectivity index (χ2v) is 8.59. The summed E-state index contributed by atoms with van der Waals surface area (Å²) in [5, 5.41) is 2.91. The van der Waals surface area contributed by atoms with Crippen LogP contribution in [0.4, 0.5) is 4.39 Å². The highest BCUT2D eigenvalue weighted by atomic mass is 32.2. The lowest BCUT2D eigenvalue weighted by Gasteiger charge is -2.35. The van der Waals surface area contributed by atoms with Crippen molar-refractivity contribution in [2.24, 2.45) is 0 Å². The van der Waals surface area contributed by atoms with Crippen molar-refractivity contribution >= 4 is 23.6 Å². The van der Waals surface area contributed by atoms with E-state index in [0.717, 1.165) is 11.3 Å². The molecule has 0 bridgehead atoms. The van der Waals surface area contributed by atoms with Crippen molar-refractivity contribution in [2.75, 3.05) is 24.6 Å². The van der Waals surface area contributed by atoms with Crippen LogP contribution in [0.15, 0.2) is 24.3 Å². The number of amides is 1. The lowest BCUT2D eigenvalue weighted by atomic mass is 10.1. The summed E-state index contributed by atoms with van der Waals surface area (Å²) in [7, 11) is 0. The van der Waals surface area contributed by atoms with E-state index in [2.05, 4.69) is 5.32 Å². The van der Waals surface area contributed by atoms with Crippen LogP contribution in [-0.2, 0) is 14.3 Å². The van der Waals surface area contributed by atoms with Gasteiger partial charge in [-0.25, -0.2) is 4.39 Å². The number of esters is 1. The molecule has 26 heavy (non-hydrogen) atoms. The molecule has 5 nitrogen and oxygen atoms in total. The monoisotopic (exact) mass is 382 g/mol. The van der Waals surface area contributed by atoms with Gasteiger partial charge in [0.1, 0.15) is 17.5 Å². The second kappa shape index (κ2) is 8.86. The van der Waals surface area contributed by atoms with Gasteiger partial charge in [-0.15, -0.1) is 0 Å². The Morgan fingerprint density at radius 2 is 2.00 bits per heavy atom. The van der Waals surface area contributed by atoms with Gasteiger partial charge in [0, 0.05) is 18.1 Å². The molecule has 0 aromatic heterocycles. The molecule has 1 saturated heterocycles. The predicted molar refractivity (Wildman–Crippen MR) is 101 cm³/mol. The Bertz CT molecular complexity index is 631. The number of halogens is 1. The van der Waals surface area contributed by atoms with Crippen LogP contribution in [0.3, 0.4) is 0 Å². The van der Waals surface area contributed by atoms with E-state index in [1.54, 1.807) is 23.9 Å². The van der Waals surface area contributed by atoms with Crippen LogP contribution >= 0.6 is 11.8 Å². The fourth-order valence-electron chi connectivity index (χ4n) is 2.72. The lowest BCUT2D eigenvalue weighted by molar-refractivity contribution is -0.160. The average molecular weight is 383 g/mol. The minimum absolute atomic E-state index is 0.135. The number of hydrogen-bond donors (Lipinski definition) is 1. The third kappa shape index (κ3) is 6.29. The van der Waals surface area contributed by atoms with Gasteiger partial charge in [-0.3, -0.25) is 14.5 Å². The quantitative estimate of drug-likeness (QED) is 0.794. The van der Waals surface area contributed by atoms with Crippen LogP contribution < -0.4 is 5.32 Å². The normalized spacial score (nSPS) is 19.7. The van der Waals surface area contributed by atoms with Gasteiger partial charge in [-0.2, -0.15) is 11.8 Å². The molecule has 144 valence electrons.